The molecule has 4 bridgehead atoms. The number of carbonyl (C=O) groups is 2. The Balaban J connectivity index is 0.00000337. The van der Waals surface area contributed by atoms with Gasteiger partial charge in [-0.3, -0.25) is 14.5 Å². The summed E-state index contributed by atoms with van der Waals surface area (Å²) >= 11 is 0. The number of piperidine rings is 1. The van der Waals surface area contributed by atoms with Crippen molar-refractivity contribution in [2.75, 3.05) is 32.8 Å². The van der Waals surface area contributed by atoms with E-state index in [9.17, 15) is 14.7 Å². The van der Waals surface area contributed by atoms with Crippen LogP contribution in [0.25, 0.3) is 11.1 Å². The van der Waals surface area contributed by atoms with Gasteiger partial charge in [-0.1, -0.05) is 36.4 Å². The molecule has 3 fully saturated rings. The van der Waals surface area contributed by atoms with E-state index in [2.05, 4.69) is 20.9 Å². The van der Waals surface area contributed by atoms with E-state index < -0.39 is 12.2 Å². The van der Waals surface area contributed by atoms with Gasteiger partial charge >= 0.3 is 0 Å². The highest BCUT2D eigenvalue weighted by Crippen LogP contribution is 2.30. The molecule has 3 saturated heterocycles. The quantitative estimate of drug-likeness (QED) is 0.429. The number of likely N-dealkylation sites (tertiary alicyclic amines) is 1. The van der Waals surface area contributed by atoms with E-state index >= 15 is 0 Å². The molecule has 0 saturated carbocycles. The van der Waals surface area contributed by atoms with Crippen molar-refractivity contribution in [3.63, 3.8) is 0 Å². The van der Waals surface area contributed by atoms with Gasteiger partial charge in [0, 0.05) is 31.6 Å². The van der Waals surface area contributed by atoms with Crippen molar-refractivity contribution in [3.05, 3.63) is 54.1 Å². The first-order valence-electron chi connectivity index (χ1n) is 14.8. The van der Waals surface area contributed by atoms with E-state index in [1.165, 1.54) is 0 Å². The Kier molecular flexibility index (Phi) is 9.83. The molecule has 0 aromatic heterocycles. The van der Waals surface area contributed by atoms with Crippen LogP contribution in [0, 0.1) is 0 Å². The molecule has 4 aliphatic heterocycles. The molecule has 5 atom stereocenters. The zero-order valence-electron chi connectivity index (χ0n) is 23.3. The maximum Gasteiger partial charge on any atom is 0.255 e. The minimum atomic E-state index is -0.610. The summed E-state index contributed by atoms with van der Waals surface area (Å²) in [5.41, 5.74) is 2.52. The average molecular weight is 585 g/mol. The van der Waals surface area contributed by atoms with Crippen molar-refractivity contribution >= 4 is 24.2 Å². The first-order valence-corrected chi connectivity index (χ1v) is 14.8. The topological polar surface area (TPSA) is 112 Å². The van der Waals surface area contributed by atoms with E-state index in [0.717, 1.165) is 43.5 Å². The molecule has 4 aliphatic rings. The maximum atomic E-state index is 13.6. The first-order chi connectivity index (χ1) is 19.5. The summed E-state index contributed by atoms with van der Waals surface area (Å²) in [5, 5.41) is 20.3. The minimum Gasteiger partial charge on any atom is -0.493 e. The van der Waals surface area contributed by atoms with Gasteiger partial charge in [-0.05, 0) is 68.5 Å². The molecule has 9 nitrogen and oxygen atoms in total. The van der Waals surface area contributed by atoms with E-state index in [4.69, 9.17) is 9.47 Å². The summed E-state index contributed by atoms with van der Waals surface area (Å²) in [6.07, 6.45) is 3.30. The smallest absolute Gasteiger partial charge is 0.255 e. The molecule has 0 spiro atoms. The van der Waals surface area contributed by atoms with Gasteiger partial charge in [-0.15, -0.1) is 12.4 Å². The lowest BCUT2D eigenvalue weighted by molar-refractivity contribution is -0.134. The molecular weight excluding hydrogens is 544 g/mol. The highest BCUT2D eigenvalue weighted by molar-refractivity contribution is 5.98. The lowest BCUT2D eigenvalue weighted by Gasteiger charge is -2.36. The lowest BCUT2D eigenvalue weighted by atomic mass is 9.99. The molecule has 222 valence electrons. The van der Waals surface area contributed by atoms with E-state index in [0.29, 0.717) is 43.7 Å². The Morgan fingerprint density at radius 1 is 0.927 bits per heavy atom. The highest BCUT2D eigenvalue weighted by atomic mass is 35.5. The van der Waals surface area contributed by atoms with Crippen molar-refractivity contribution in [2.24, 2.45) is 0 Å². The van der Waals surface area contributed by atoms with Crippen molar-refractivity contribution < 1.29 is 24.2 Å². The second-order valence-corrected chi connectivity index (χ2v) is 11.5. The summed E-state index contributed by atoms with van der Waals surface area (Å²) in [4.78, 5) is 29.4. The number of halogens is 1. The molecule has 41 heavy (non-hydrogen) atoms. The number of benzene rings is 2. The van der Waals surface area contributed by atoms with Crippen molar-refractivity contribution in [3.8, 4) is 16.9 Å². The number of aliphatic hydroxyl groups excluding tert-OH is 1. The molecule has 2 aromatic carbocycles. The number of nitrogens with zero attached hydrogens (tertiary/aromatic N) is 1. The monoisotopic (exact) mass is 584 g/mol. The molecule has 0 aliphatic carbocycles. The molecule has 4 N–H and O–H groups in total. The van der Waals surface area contributed by atoms with Crippen LogP contribution in [0.3, 0.4) is 0 Å². The summed E-state index contributed by atoms with van der Waals surface area (Å²) in [7, 11) is 0. The highest BCUT2D eigenvalue weighted by Gasteiger charge is 2.42. The largest absolute Gasteiger partial charge is 0.493 e. The number of aliphatic hydroxyl groups is 1. The van der Waals surface area contributed by atoms with Gasteiger partial charge in [-0.25, -0.2) is 0 Å². The third kappa shape index (κ3) is 6.87. The number of amides is 2. The fraction of sp³-hybridized carbons (Fsp3) is 0.548. The predicted molar refractivity (Wildman–Crippen MR) is 158 cm³/mol. The number of hydrogen-bond acceptors (Lipinski definition) is 7. The molecule has 10 heteroatoms. The Bertz CT molecular complexity index is 1190. The SMILES string of the molecule is Cl.O=C1N[C@H]2C[C@@H](C(=O)NC[C@H]3O[C@H](CCOc4cc(-c5ccccc5)ccc41)CC[C@@H]3O)N(C1CCNCC1)C2. The third-order valence-corrected chi connectivity index (χ3v) is 8.84. The van der Waals surface area contributed by atoms with Crippen LogP contribution in [0.5, 0.6) is 5.75 Å². The van der Waals surface area contributed by atoms with Crippen LogP contribution in [-0.4, -0.2) is 91.0 Å². The second kappa shape index (κ2) is 13.5. The van der Waals surface area contributed by atoms with Crippen molar-refractivity contribution in [1.29, 1.82) is 0 Å². The van der Waals surface area contributed by atoms with Crippen molar-refractivity contribution in [1.82, 2.24) is 20.9 Å². The Morgan fingerprint density at radius 2 is 1.73 bits per heavy atom. The molecule has 0 radical (unpaired) electrons. The summed E-state index contributed by atoms with van der Waals surface area (Å²) in [5.74, 6) is 0.299. The van der Waals surface area contributed by atoms with Crippen LogP contribution >= 0.6 is 12.4 Å². The Labute approximate surface area is 247 Å². The van der Waals surface area contributed by atoms with E-state index in [-0.39, 0.29) is 55.0 Å². The van der Waals surface area contributed by atoms with Crippen molar-refractivity contribution in [2.45, 2.75) is 75.0 Å². The first kappa shape index (κ1) is 29.8. The summed E-state index contributed by atoms with van der Waals surface area (Å²) < 4.78 is 12.5. The number of rotatable bonds is 2. The zero-order valence-corrected chi connectivity index (χ0v) is 24.1. The average Bonchev–Trinajstić information content (AvgIpc) is 3.41. The van der Waals surface area contributed by atoms with Crippen LogP contribution in [0.2, 0.25) is 0 Å². The van der Waals surface area contributed by atoms with E-state index in [1.807, 2.05) is 48.5 Å². The number of ether oxygens (including phenoxy) is 2. The molecular formula is C31H41ClN4O5. The second-order valence-electron chi connectivity index (χ2n) is 11.5. The van der Waals surface area contributed by atoms with Crippen LogP contribution in [-0.2, 0) is 9.53 Å². The van der Waals surface area contributed by atoms with E-state index in [1.54, 1.807) is 0 Å². The Morgan fingerprint density at radius 3 is 2.54 bits per heavy atom. The number of hydrogen-bond donors (Lipinski definition) is 4. The van der Waals surface area contributed by atoms with Gasteiger partial charge in [0.05, 0.1) is 30.4 Å². The number of fused-ring (bicyclic) bond motifs is 5. The standard InChI is InChI=1S/C31H40N4O5.ClH/c36-27-9-7-24-12-15-39-28-16-21(20-4-2-1-3-5-20)6-8-25(28)30(37)34-22-17-26(31(38)33-18-29(27)40-24)35(19-22)23-10-13-32-14-11-23;/h1-6,8,16,22-24,26-27,29,32,36H,7,9-15,17-19H2,(H,33,38)(H,34,37);1H/t22-,24-,26-,27-,29+;/m0./s1. The fourth-order valence-corrected chi connectivity index (χ4v) is 6.63. The van der Waals surface area contributed by atoms with Gasteiger partial charge < -0.3 is 30.5 Å². The number of carbonyl (C=O) groups excluding carboxylic acids is 2. The van der Waals surface area contributed by atoms with Gasteiger partial charge in [0.1, 0.15) is 11.9 Å². The van der Waals surface area contributed by atoms with Crippen LogP contribution in [0.1, 0.15) is 48.9 Å². The normalized spacial score (nSPS) is 29.8. The molecule has 4 heterocycles. The van der Waals surface area contributed by atoms with Crippen LogP contribution in [0.15, 0.2) is 48.5 Å². The summed E-state index contributed by atoms with van der Waals surface area (Å²) in [6.45, 7) is 3.12. The van der Waals surface area contributed by atoms with Crippen LogP contribution in [0.4, 0.5) is 0 Å². The molecule has 2 aromatic rings. The fourth-order valence-electron chi connectivity index (χ4n) is 6.63. The predicted octanol–water partition coefficient (Wildman–Crippen LogP) is 2.51. The Hall–Kier alpha value is -2.69. The lowest BCUT2D eigenvalue weighted by Crippen LogP contribution is -2.53. The molecule has 0 unspecified atom stereocenters. The van der Waals surface area contributed by atoms with Gasteiger partial charge in [-0.2, -0.15) is 0 Å². The number of nitrogens with one attached hydrogen (secondary N) is 3. The van der Waals surface area contributed by atoms with Crippen LogP contribution < -0.4 is 20.7 Å². The molecule has 6 rings (SSSR count). The van der Waals surface area contributed by atoms with Gasteiger partial charge in [0.15, 0.2) is 0 Å². The summed E-state index contributed by atoms with van der Waals surface area (Å²) in [6, 6.07) is 15.6. The maximum absolute atomic E-state index is 13.6. The third-order valence-electron chi connectivity index (χ3n) is 8.84. The minimum absolute atomic E-state index is 0. The molecule has 2 amide bonds. The van der Waals surface area contributed by atoms with Gasteiger partial charge in [0.2, 0.25) is 5.91 Å². The zero-order chi connectivity index (χ0) is 27.5. The van der Waals surface area contributed by atoms with Gasteiger partial charge in [0.25, 0.3) is 5.91 Å².